The summed E-state index contributed by atoms with van der Waals surface area (Å²) in [7, 11) is 0. The third kappa shape index (κ3) is 4.34. The molecular weight excluding hydrogens is 434 g/mol. The lowest BCUT2D eigenvalue weighted by atomic mass is 9.98. The van der Waals surface area contributed by atoms with Crippen molar-refractivity contribution in [3.05, 3.63) is 83.7 Å². The van der Waals surface area contributed by atoms with Gasteiger partial charge < -0.3 is 20.5 Å². The van der Waals surface area contributed by atoms with E-state index in [1.807, 2.05) is 36.4 Å². The highest BCUT2D eigenvalue weighted by Crippen LogP contribution is 2.44. The number of carboxylic acid groups (broad SMARTS) is 1. The van der Waals surface area contributed by atoms with E-state index >= 15 is 0 Å². The van der Waals surface area contributed by atoms with Gasteiger partial charge in [0.25, 0.3) is 0 Å². The van der Waals surface area contributed by atoms with E-state index in [-0.39, 0.29) is 30.0 Å². The molecule has 5 rings (SSSR count). The van der Waals surface area contributed by atoms with Gasteiger partial charge in [-0.25, -0.2) is 14.6 Å². The summed E-state index contributed by atoms with van der Waals surface area (Å²) in [4.78, 5) is 40.2. The number of aromatic nitrogens is 1. The predicted molar refractivity (Wildman–Crippen MR) is 125 cm³/mol. The smallest absolute Gasteiger partial charge is 0.407 e. The van der Waals surface area contributed by atoms with Crippen LogP contribution in [0.4, 0.5) is 10.5 Å². The standard InChI is InChI=1S/C26H23N3O5/c30-24(28-16-11-12-22(25(31)32)27-13-16)23(15-9-10-15)29-26(33)34-14-21-19-7-3-1-5-17(19)18-6-2-4-8-20(18)21/h1-8,11-13,15,21,23H,9-10,14H2,(H,28,30)(H,29,33)(H,31,32). The molecule has 1 heterocycles. The molecule has 2 aromatic carbocycles. The third-order valence-electron chi connectivity index (χ3n) is 6.24. The number of ether oxygens (including phenoxy) is 1. The SMILES string of the molecule is O=C(NC(C(=O)Nc1ccc(C(=O)O)nc1)C1CC1)OCC1c2ccccc2-c2ccccc21. The number of hydrogen-bond donors (Lipinski definition) is 3. The molecule has 1 unspecified atom stereocenters. The molecular formula is C26H23N3O5. The quantitative estimate of drug-likeness (QED) is 0.493. The Hall–Kier alpha value is -4.20. The van der Waals surface area contributed by atoms with Crippen LogP contribution in [0, 0.1) is 5.92 Å². The first-order valence-corrected chi connectivity index (χ1v) is 11.1. The average Bonchev–Trinajstić information content (AvgIpc) is 3.64. The first-order chi connectivity index (χ1) is 16.5. The van der Waals surface area contributed by atoms with Crippen LogP contribution in [-0.2, 0) is 9.53 Å². The molecule has 1 fully saturated rings. The van der Waals surface area contributed by atoms with Crippen LogP contribution in [0.1, 0.15) is 40.4 Å². The second-order valence-electron chi connectivity index (χ2n) is 8.51. The molecule has 0 bridgehead atoms. The van der Waals surface area contributed by atoms with Crippen LogP contribution >= 0.6 is 0 Å². The molecule has 8 nitrogen and oxygen atoms in total. The zero-order valence-electron chi connectivity index (χ0n) is 18.2. The fourth-order valence-electron chi connectivity index (χ4n) is 4.41. The molecule has 1 aromatic heterocycles. The van der Waals surface area contributed by atoms with Crippen LogP contribution in [0.15, 0.2) is 66.9 Å². The Labute approximate surface area is 196 Å². The molecule has 0 radical (unpaired) electrons. The molecule has 2 amide bonds. The fraction of sp³-hybridized carbons (Fsp3) is 0.231. The number of fused-ring (bicyclic) bond motifs is 3. The second kappa shape index (κ2) is 8.97. The lowest BCUT2D eigenvalue weighted by molar-refractivity contribution is -0.118. The third-order valence-corrected chi connectivity index (χ3v) is 6.24. The molecule has 3 aromatic rings. The molecule has 172 valence electrons. The average molecular weight is 457 g/mol. The minimum absolute atomic E-state index is 0.0340. The summed E-state index contributed by atoms with van der Waals surface area (Å²) in [6.07, 6.45) is 2.29. The van der Waals surface area contributed by atoms with Gasteiger partial charge in [0.05, 0.1) is 11.9 Å². The summed E-state index contributed by atoms with van der Waals surface area (Å²) in [5.41, 5.74) is 4.76. The van der Waals surface area contributed by atoms with Gasteiger partial charge in [0.2, 0.25) is 5.91 Å². The number of carbonyl (C=O) groups is 3. The Balaban J connectivity index is 1.23. The van der Waals surface area contributed by atoms with Crippen molar-refractivity contribution in [2.45, 2.75) is 24.8 Å². The van der Waals surface area contributed by atoms with Crippen LogP contribution in [-0.4, -0.2) is 40.7 Å². The number of hydrogen-bond acceptors (Lipinski definition) is 5. The van der Waals surface area contributed by atoms with Gasteiger partial charge in [-0.05, 0) is 53.1 Å². The normalized spacial score (nSPS) is 15.1. The van der Waals surface area contributed by atoms with Crippen molar-refractivity contribution in [3.8, 4) is 11.1 Å². The number of alkyl carbamates (subject to hydrolysis) is 1. The van der Waals surface area contributed by atoms with Crippen molar-refractivity contribution in [2.75, 3.05) is 11.9 Å². The number of carboxylic acids is 1. The minimum atomic E-state index is -1.15. The topological polar surface area (TPSA) is 118 Å². The number of nitrogens with zero attached hydrogens (tertiary/aromatic N) is 1. The van der Waals surface area contributed by atoms with Gasteiger partial charge in [0.1, 0.15) is 18.3 Å². The molecule has 0 saturated heterocycles. The summed E-state index contributed by atoms with van der Waals surface area (Å²) in [6, 6.07) is 18.2. The van der Waals surface area contributed by atoms with E-state index in [0.717, 1.165) is 35.1 Å². The Morgan fingerprint density at radius 2 is 1.62 bits per heavy atom. The summed E-state index contributed by atoms with van der Waals surface area (Å²) in [6.45, 7) is 0.166. The van der Waals surface area contributed by atoms with E-state index in [9.17, 15) is 14.4 Å². The van der Waals surface area contributed by atoms with E-state index in [1.54, 1.807) is 0 Å². The van der Waals surface area contributed by atoms with E-state index in [4.69, 9.17) is 9.84 Å². The van der Waals surface area contributed by atoms with Crippen molar-refractivity contribution >= 4 is 23.7 Å². The molecule has 1 saturated carbocycles. The van der Waals surface area contributed by atoms with E-state index in [0.29, 0.717) is 5.69 Å². The maximum absolute atomic E-state index is 12.8. The number of rotatable bonds is 7. The number of benzene rings is 2. The Morgan fingerprint density at radius 1 is 0.971 bits per heavy atom. The summed E-state index contributed by atoms with van der Waals surface area (Å²) < 4.78 is 5.58. The molecule has 34 heavy (non-hydrogen) atoms. The first-order valence-electron chi connectivity index (χ1n) is 11.1. The molecule has 0 spiro atoms. The van der Waals surface area contributed by atoms with Crippen molar-refractivity contribution in [2.24, 2.45) is 5.92 Å². The monoisotopic (exact) mass is 457 g/mol. The zero-order valence-corrected chi connectivity index (χ0v) is 18.2. The highest BCUT2D eigenvalue weighted by molar-refractivity contribution is 5.97. The van der Waals surface area contributed by atoms with Gasteiger partial charge in [-0.2, -0.15) is 0 Å². The lowest BCUT2D eigenvalue weighted by Gasteiger charge is -2.19. The number of nitrogens with one attached hydrogen (secondary N) is 2. The summed E-state index contributed by atoms with van der Waals surface area (Å²) in [5, 5.41) is 14.4. The molecule has 3 N–H and O–H groups in total. The zero-order chi connectivity index (χ0) is 23.7. The largest absolute Gasteiger partial charge is 0.477 e. The molecule has 0 aliphatic heterocycles. The number of anilines is 1. The van der Waals surface area contributed by atoms with Gasteiger partial charge in [-0.1, -0.05) is 48.5 Å². The van der Waals surface area contributed by atoms with Gasteiger partial charge in [-0.3, -0.25) is 4.79 Å². The van der Waals surface area contributed by atoms with Crippen LogP contribution < -0.4 is 10.6 Å². The van der Waals surface area contributed by atoms with Gasteiger partial charge in [0.15, 0.2) is 0 Å². The van der Waals surface area contributed by atoms with Gasteiger partial charge in [-0.15, -0.1) is 0 Å². The van der Waals surface area contributed by atoms with Crippen molar-refractivity contribution < 1.29 is 24.2 Å². The van der Waals surface area contributed by atoms with Crippen molar-refractivity contribution in [1.29, 1.82) is 0 Å². The Kier molecular flexibility index (Phi) is 5.71. The number of aromatic carboxylic acids is 1. The van der Waals surface area contributed by atoms with E-state index in [1.165, 1.54) is 18.3 Å². The van der Waals surface area contributed by atoms with E-state index in [2.05, 4.69) is 27.8 Å². The Bertz CT molecular complexity index is 1210. The molecule has 8 heteroatoms. The number of carbonyl (C=O) groups excluding carboxylic acids is 2. The van der Waals surface area contributed by atoms with Crippen LogP contribution in [0.3, 0.4) is 0 Å². The first kappa shape index (κ1) is 21.6. The van der Waals surface area contributed by atoms with E-state index < -0.39 is 18.1 Å². The van der Waals surface area contributed by atoms with Gasteiger partial charge in [0, 0.05) is 5.92 Å². The lowest BCUT2D eigenvalue weighted by Crippen LogP contribution is -2.45. The molecule has 1 atom stereocenters. The predicted octanol–water partition coefficient (Wildman–Crippen LogP) is 4.04. The summed E-state index contributed by atoms with van der Waals surface area (Å²) >= 11 is 0. The van der Waals surface area contributed by atoms with Gasteiger partial charge >= 0.3 is 12.1 Å². The minimum Gasteiger partial charge on any atom is -0.477 e. The Morgan fingerprint density at radius 3 is 2.18 bits per heavy atom. The highest BCUT2D eigenvalue weighted by Gasteiger charge is 2.38. The van der Waals surface area contributed by atoms with Crippen LogP contribution in [0.5, 0.6) is 0 Å². The maximum Gasteiger partial charge on any atom is 0.407 e. The summed E-state index contributed by atoms with van der Waals surface area (Å²) in [5.74, 6) is -1.57. The van der Waals surface area contributed by atoms with Crippen LogP contribution in [0.2, 0.25) is 0 Å². The number of amides is 2. The number of pyridine rings is 1. The molecule has 2 aliphatic carbocycles. The maximum atomic E-state index is 12.8. The second-order valence-corrected chi connectivity index (χ2v) is 8.51. The highest BCUT2D eigenvalue weighted by atomic mass is 16.5. The molecule has 2 aliphatic rings. The fourth-order valence-corrected chi connectivity index (χ4v) is 4.41. The van der Waals surface area contributed by atoms with Crippen molar-refractivity contribution in [3.63, 3.8) is 0 Å². The van der Waals surface area contributed by atoms with Crippen molar-refractivity contribution in [1.82, 2.24) is 10.3 Å². The van der Waals surface area contributed by atoms with Crippen LogP contribution in [0.25, 0.3) is 11.1 Å².